The van der Waals surface area contributed by atoms with Gasteiger partial charge in [0.15, 0.2) is 17.6 Å². The highest BCUT2D eigenvalue weighted by Gasteiger charge is 2.31. The Balaban J connectivity index is 0.000000130. The second-order valence-corrected chi connectivity index (χ2v) is 10.9. The van der Waals surface area contributed by atoms with Crippen LogP contribution in [0.1, 0.15) is 65.6 Å². The van der Waals surface area contributed by atoms with Crippen LogP contribution in [0.4, 0.5) is 11.6 Å². The molecule has 0 amide bonds. The van der Waals surface area contributed by atoms with E-state index in [-0.39, 0.29) is 0 Å². The molecule has 8 rings (SSSR count). The third kappa shape index (κ3) is 6.03. The number of carbonyl (C=O) groups excluding carboxylic acids is 1. The number of nitrogens with zero attached hydrogens (tertiary/aromatic N) is 10. The van der Waals surface area contributed by atoms with Crippen LogP contribution in [0.3, 0.4) is 0 Å². The van der Waals surface area contributed by atoms with E-state index >= 15 is 0 Å². The maximum Gasteiger partial charge on any atom is 0.171 e. The number of aliphatic hydroxyl groups is 1. The summed E-state index contributed by atoms with van der Waals surface area (Å²) < 4.78 is 4.65. The lowest BCUT2D eigenvalue weighted by Gasteiger charge is -2.08. The van der Waals surface area contributed by atoms with Crippen molar-refractivity contribution in [3.8, 4) is 0 Å². The Kier molecular flexibility index (Phi) is 7.98. The summed E-state index contributed by atoms with van der Waals surface area (Å²) in [4.78, 5) is 35.0. The highest BCUT2D eigenvalue weighted by molar-refractivity contribution is 9.10. The Hall–Kier alpha value is -4.89. The number of carbonyl (C=O) groups is 1. The number of halogens is 1. The van der Waals surface area contributed by atoms with Gasteiger partial charge in [-0.1, -0.05) is 6.07 Å². The van der Waals surface area contributed by atoms with Gasteiger partial charge in [-0.15, -0.1) is 0 Å². The van der Waals surface area contributed by atoms with Crippen LogP contribution >= 0.6 is 15.9 Å². The number of hydrogen-bond acceptors (Lipinski definition) is 12. The van der Waals surface area contributed by atoms with Gasteiger partial charge in [-0.3, -0.25) is 14.8 Å². The molecule has 14 nitrogen and oxygen atoms in total. The summed E-state index contributed by atoms with van der Waals surface area (Å²) in [5.74, 6) is 0.652. The van der Waals surface area contributed by atoms with E-state index in [9.17, 15) is 9.90 Å². The van der Waals surface area contributed by atoms with Crippen LogP contribution in [0, 0.1) is 0 Å². The zero-order valence-electron chi connectivity index (χ0n) is 22.8. The molecule has 1 unspecified atom stereocenters. The second-order valence-electron chi connectivity index (χ2n) is 10.0. The van der Waals surface area contributed by atoms with Gasteiger partial charge in [-0.2, -0.15) is 10.2 Å². The van der Waals surface area contributed by atoms with Crippen LogP contribution in [0.25, 0.3) is 22.1 Å². The van der Waals surface area contributed by atoms with E-state index in [2.05, 4.69) is 56.0 Å². The molecule has 5 N–H and O–H groups in total. The average molecular weight is 644 g/mol. The molecule has 2 fully saturated rings. The Labute approximate surface area is 253 Å². The Bertz CT molecular complexity index is 1870. The number of aldehydes is 1. The van der Waals surface area contributed by atoms with Crippen LogP contribution < -0.4 is 11.5 Å². The third-order valence-electron chi connectivity index (χ3n) is 6.87. The van der Waals surface area contributed by atoms with E-state index in [1.54, 1.807) is 41.6 Å². The van der Waals surface area contributed by atoms with Crippen molar-refractivity contribution in [1.82, 2.24) is 49.5 Å². The minimum absolute atomic E-state index is 0.314. The first kappa shape index (κ1) is 28.2. The number of hydrogen-bond donors (Lipinski definition) is 3. The number of nitrogen functional groups attached to an aromatic ring is 2. The predicted octanol–water partition coefficient (Wildman–Crippen LogP) is 3.62. The molecule has 1 atom stereocenters. The SMILES string of the molecule is Brc1cccnc1.Nc1ncnc2c1c(C(O)c1cccnc1)nn2C1CC1.Nc1ncnc2c1c(C=O)nn2C1CC1. The maximum atomic E-state index is 10.8. The lowest BCUT2D eigenvalue weighted by Crippen LogP contribution is -2.04. The van der Waals surface area contributed by atoms with Crippen molar-refractivity contribution in [1.29, 1.82) is 0 Å². The Morgan fingerprint density at radius 3 is 1.93 bits per heavy atom. The van der Waals surface area contributed by atoms with E-state index in [4.69, 9.17) is 11.5 Å². The highest BCUT2D eigenvalue weighted by atomic mass is 79.9. The van der Waals surface area contributed by atoms with Gasteiger partial charge in [0.05, 0.1) is 22.9 Å². The highest BCUT2D eigenvalue weighted by Crippen LogP contribution is 2.39. The van der Waals surface area contributed by atoms with Crippen molar-refractivity contribution in [3.63, 3.8) is 0 Å². The monoisotopic (exact) mass is 642 g/mol. The van der Waals surface area contributed by atoms with E-state index in [0.717, 1.165) is 30.2 Å². The van der Waals surface area contributed by atoms with Gasteiger partial charge in [-0.05, 0) is 59.8 Å². The lowest BCUT2D eigenvalue weighted by molar-refractivity contribution is 0.111. The molecular weight excluding hydrogens is 616 g/mol. The summed E-state index contributed by atoms with van der Waals surface area (Å²) in [5.41, 5.74) is 14.5. The van der Waals surface area contributed by atoms with Crippen LogP contribution in [0.2, 0.25) is 0 Å². The molecule has 6 aromatic rings. The fraction of sp³-hybridized carbons (Fsp3) is 0.250. The Morgan fingerprint density at radius 2 is 1.42 bits per heavy atom. The van der Waals surface area contributed by atoms with Gasteiger partial charge < -0.3 is 16.6 Å². The van der Waals surface area contributed by atoms with Gasteiger partial charge in [0.2, 0.25) is 0 Å². The third-order valence-corrected chi connectivity index (χ3v) is 7.34. The quantitative estimate of drug-likeness (QED) is 0.231. The zero-order valence-corrected chi connectivity index (χ0v) is 24.4. The number of nitrogens with two attached hydrogens (primary N) is 2. The zero-order chi connectivity index (χ0) is 29.9. The number of fused-ring (bicyclic) bond motifs is 2. The van der Waals surface area contributed by atoms with Crippen molar-refractivity contribution >= 4 is 55.9 Å². The Morgan fingerprint density at radius 1 is 0.837 bits per heavy atom. The standard InChI is InChI=1S/C14H14N6O.C9H9N5O.C5H4BrN/c15-13-10-11(12(21)8-2-1-5-16-6-8)19-20(9-3-4-9)14(10)18-7-17-13;10-8-7-6(3-15)13-14(5-1-2-5)9(7)12-4-11-8;6-5-2-1-3-7-4-5/h1-2,5-7,9,12,21H,3-4H2,(H2,15,17,18);3-5H,1-2H2,(H2,10,11,12);1-4H. The van der Waals surface area contributed by atoms with Crippen LogP contribution in [-0.2, 0) is 0 Å². The summed E-state index contributed by atoms with van der Waals surface area (Å²) in [6.45, 7) is 0. The van der Waals surface area contributed by atoms with E-state index in [0.29, 0.717) is 69.0 Å². The molecule has 2 aliphatic carbocycles. The van der Waals surface area contributed by atoms with Crippen molar-refractivity contribution in [2.24, 2.45) is 0 Å². The summed E-state index contributed by atoms with van der Waals surface area (Å²) in [6, 6.07) is 8.11. The van der Waals surface area contributed by atoms with Gasteiger partial charge in [-0.25, -0.2) is 29.3 Å². The number of anilines is 2. The summed E-state index contributed by atoms with van der Waals surface area (Å²) in [5, 5.41) is 20.5. The molecule has 0 aromatic carbocycles. The van der Waals surface area contributed by atoms with E-state index in [1.807, 2.05) is 16.8 Å². The largest absolute Gasteiger partial charge is 0.383 e. The minimum atomic E-state index is -0.894. The smallest absolute Gasteiger partial charge is 0.171 e. The predicted molar refractivity (Wildman–Crippen MR) is 162 cm³/mol. The van der Waals surface area contributed by atoms with Gasteiger partial charge in [0, 0.05) is 34.8 Å². The van der Waals surface area contributed by atoms with Gasteiger partial charge in [0.1, 0.15) is 41.8 Å². The first-order valence-corrected chi connectivity index (χ1v) is 14.3. The van der Waals surface area contributed by atoms with Crippen molar-refractivity contribution in [3.05, 3.63) is 83.1 Å². The van der Waals surface area contributed by atoms with E-state index < -0.39 is 6.10 Å². The van der Waals surface area contributed by atoms with Crippen LogP contribution in [-0.4, -0.2) is 60.9 Å². The summed E-state index contributed by atoms with van der Waals surface area (Å²) in [6.07, 6.45) is 13.7. The van der Waals surface area contributed by atoms with Crippen LogP contribution in [0.15, 0.2) is 66.2 Å². The molecule has 0 spiro atoms. The fourth-order valence-corrected chi connectivity index (χ4v) is 4.77. The maximum absolute atomic E-state index is 10.8. The summed E-state index contributed by atoms with van der Waals surface area (Å²) >= 11 is 3.25. The molecule has 218 valence electrons. The molecule has 0 saturated heterocycles. The molecule has 2 saturated carbocycles. The van der Waals surface area contributed by atoms with E-state index in [1.165, 1.54) is 12.7 Å². The van der Waals surface area contributed by atoms with Crippen molar-refractivity contribution < 1.29 is 9.90 Å². The fourth-order valence-electron chi connectivity index (χ4n) is 4.50. The van der Waals surface area contributed by atoms with Crippen LogP contribution in [0.5, 0.6) is 0 Å². The van der Waals surface area contributed by atoms with Crippen molar-refractivity contribution in [2.45, 2.75) is 43.9 Å². The number of aliphatic hydroxyl groups excluding tert-OH is 1. The minimum Gasteiger partial charge on any atom is -0.383 e. The van der Waals surface area contributed by atoms with Gasteiger partial charge in [0.25, 0.3) is 0 Å². The lowest BCUT2D eigenvalue weighted by atomic mass is 10.1. The molecule has 6 heterocycles. The number of aromatic nitrogens is 10. The number of pyridine rings is 2. The van der Waals surface area contributed by atoms with Gasteiger partial charge >= 0.3 is 0 Å². The average Bonchev–Trinajstić information content (AvgIpc) is 3.98. The first-order valence-electron chi connectivity index (χ1n) is 13.5. The normalized spacial score (nSPS) is 14.8. The van der Waals surface area contributed by atoms with Crippen molar-refractivity contribution in [2.75, 3.05) is 11.5 Å². The molecule has 6 aromatic heterocycles. The summed E-state index contributed by atoms with van der Waals surface area (Å²) in [7, 11) is 0. The second kappa shape index (κ2) is 12.1. The molecular formula is C28H27BrN12O2. The molecule has 0 radical (unpaired) electrons. The first-order chi connectivity index (χ1) is 21.0. The number of rotatable bonds is 5. The molecule has 43 heavy (non-hydrogen) atoms. The molecule has 0 aliphatic heterocycles. The molecule has 0 bridgehead atoms. The molecule has 15 heteroatoms. The molecule has 2 aliphatic rings. The topological polar surface area (TPSA) is 202 Å².